The summed E-state index contributed by atoms with van der Waals surface area (Å²) in [6.45, 7) is 7.79. The molecule has 1 aromatic carbocycles. The Morgan fingerprint density at radius 2 is 1.66 bits per heavy atom. The highest BCUT2D eigenvalue weighted by Crippen LogP contribution is 2.28. The lowest BCUT2D eigenvalue weighted by Crippen LogP contribution is -2.45. The zero-order valence-electron chi connectivity index (χ0n) is 17.5. The number of hydrogen-bond donors (Lipinski definition) is 1. The molecule has 1 heterocycles. The largest absolute Gasteiger partial charge is 0.356 e. The van der Waals surface area contributed by atoms with Gasteiger partial charge in [-0.25, -0.2) is 0 Å². The molecule has 0 saturated carbocycles. The summed E-state index contributed by atoms with van der Waals surface area (Å²) < 4.78 is 0. The van der Waals surface area contributed by atoms with E-state index >= 15 is 0 Å². The summed E-state index contributed by atoms with van der Waals surface area (Å²) in [4.78, 5) is 42.1. The Labute approximate surface area is 172 Å². The second-order valence-electron chi connectivity index (χ2n) is 8.01. The van der Waals surface area contributed by atoms with E-state index in [1.165, 1.54) is 0 Å². The monoisotopic (exact) mass is 397 g/mol. The van der Waals surface area contributed by atoms with Gasteiger partial charge in [0.15, 0.2) is 11.6 Å². The van der Waals surface area contributed by atoms with E-state index in [1.54, 1.807) is 31.2 Å². The Morgan fingerprint density at radius 3 is 2.34 bits per heavy atom. The number of hydrogen-bond acceptors (Lipinski definition) is 5. The zero-order chi connectivity index (χ0) is 20.8. The van der Waals surface area contributed by atoms with E-state index in [-0.39, 0.29) is 17.5 Å². The van der Waals surface area contributed by atoms with E-state index in [2.05, 4.69) is 22.2 Å². The number of rotatable bonds is 8. The number of carbonyl (C=O) groups is 3. The number of piperazine rings is 1. The fraction of sp³-hybridized carbons (Fsp3) is 0.522. The molecule has 6 heteroatoms. The predicted octanol–water partition coefficient (Wildman–Crippen LogP) is 2.31. The van der Waals surface area contributed by atoms with Gasteiger partial charge in [-0.2, -0.15) is 0 Å². The van der Waals surface area contributed by atoms with Crippen molar-refractivity contribution in [1.82, 2.24) is 15.1 Å². The summed E-state index contributed by atoms with van der Waals surface area (Å²) in [6, 6.07) is 6.95. The zero-order valence-corrected chi connectivity index (χ0v) is 17.5. The van der Waals surface area contributed by atoms with Crippen molar-refractivity contribution in [3.05, 3.63) is 46.5 Å². The first-order valence-electron chi connectivity index (χ1n) is 10.5. The van der Waals surface area contributed by atoms with Crippen molar-refractivity contribution in [3.63, 3.8) is 0 Å². The van der Waals surface area contributed by atoms with Crippen LogP contribution in [-0.4, -0.2) is 73.6 Å². The van der Waals surface area contributed by atoms with Crippen molar-refractivity contribution in [2.24, 2.45) is 0 Å². The van der Waals surface area contributed by atoms with Crippen LogP contribution in [0.15, 0.2) is 35.4 Å². The Kier molecular flexibility index (Phi) is 7.34. The van der Waals surface area contributed by atoms with Gasteiger partial charge < -0.3 is 15.1 Å². The topological polar surface area (TPSA) is 69.7 Å². The molecule has 29 heavy (non-hydrogen) atoms. The highest BCUT2D eigenvalue weighted by Gasteiger charge is 2.29. The van der Waals surface area contributed by atoms with Gasteiger partial charge >= 0.3 is 0 Å². The Bertz CT molecular complexity index is 807. The normalized spacial score (nSPS) is 18.1. The second-order valence-corrected chi connectivity index (χ2v) is 8.01. The molecule has 0 bridgehead atoms. The maximum absolute atomic E-state index is 12.7. The number of amides is 1. The first kappa shape index (κ1) is 21.4. The minimum atomic E-state index is -0.0800. The number of nitrogens with one attached hydrogen (secondary N) is 1. The summed E-state index contributed by atoms with van der Waals surface area (Å²) in [5, 5.41) is 2.97. The average Bonchev–Trinajstić information content (AvgIpc) is 2.73. The molecule has 0 unspecified atom stereocenters. The standard InChI is InChI=1S/C23H31N3O3/c1-17-18(23(29)20-8-4-3-7-19(20)22(17)28)9-5-10-21(27)24-11-6-12-26-15-13-25(2)14-16-26/h3-4,7-8H,5-6,9-16H2,1-2H3,(H,24,27). The molecule has 1 aliphatic heterocycles. The second kappa shape index (κ2) is 9.94. The van der Waals surface area contributed by atoms with E-state index in [1.807, 2.05) is 0 Å². The fourth-order valence-corrected chi connectivity index (χ4v) is 3.97. The first-order chi connectivity index (χ1) is 14.0. The van der Waals surface area contributed by atoms with E-state index in [0.717, 1.165) is 39.1 Å². The van der Waals surface area contributed by atoms with E-state index in [9.17, 15) is 14.4 Å². The molecule has 2 aliphatic rings. The van der Waals surface area contributed by atoms with Crippen LogP contribution in [0.2, 0.25) is 0 Å². The van der Waals surface area contributed by atoms with E-state index < -0.39 is 0 Å². The molecule has 1 fully saturated rings. The maximum atomic E-state index is 12.7. The van der Waals surface area contributed by atoms with Crippen molar-refractivity contribution in [2.75, 3.05) is 46.3 Å². The van der Waals surface area contributed by atoms with Crippen molar-refractivity contribution >= 4 is 17.5 Å². The molecule has 0 radical (unpaired) electrons. The third-order valence-corrected chi connectivity index (χ3v) is 5.88. The fourth-order valence-electron chi connectivity index (χ4n) is 3.97. The summed E-state index contributed by atoms with van der Waals surface area (Å²) >= 11 is 0. The highest BCUT2D eigenvalue weighted by molar-refractivity contribution is 6.26. The lowest BCUT2D eigenvalue weighted by molar-refractivity contribution is -0.121. The number of Topliss-reactive ketones (excluding diaryl/α,β-unsaturated/α-hetero) is 2. The van der Waals surface area contributed by atoms with Gasteiger partial charge in [-0.15, -0.1) is 0 Å². The Balaban J connectivity index is 1.38. The smallest absolute Gasteiger partial charge is 0.220 e. The molecule has 1 aliphatic carbocycles. The first-order valence-corrected chi connectivity index (χ1v) is 10.5. The number of fused-ring (bicyclic) bond motifs is 1. The number of ketones is 2. The van der Waals surface area contributed by atoms with Gasteiger partial charge in [-0.3, -0.25) is 14.4 Å². The third kappa shape index (κ3) is 5.40. The average molecular weight is 398 g/mol. The van der Waals surface area contributed by atoms with Crippen molar-refractivity contribution in [2.45, 2.75) is 32.6 Å². The number of nitrogens with zero attached hydrogens (tertiary/aromatic N) is 2. The van der Waals surface area contributed by atoms with E-state index in [0.29, 0.717) is 48.1 Å². The molecule has 1 aromatic rings. The van der Waals surface area contributed by atoms with Gasteiger partial charge in [-0.1, -0.05) is 24.3 Å². The van der Waals surface area contributed by atoms with Crippen LogP contribution in [0.25, 0.3) is 0 Å². The van der Waals surface area contributed by atoms with Gasteiger partial charge in [0.2, 0.25) is 5.91 Å². The number of likely N-dealkylation sites (N-methyl/N-ethyl adjacent to an activating group) is 1. The van der Waals surface area contributed by atoms with Crippen LogP contribution in [0.5, 0.6) is 0 Å². The van der Waals surface area contributed by atoms with Crippen LogP contribution < -0.4 is 5.32 Å². The summed E-state index contributed by atoms with van der Waals surface area (Å²) in [5.74, 6) is -0.148. The van der Waals surface area contributed by atoms with Crippen LogP contribution >= 0.6 is 0 Å². The van der Waals surface area contributed by atoms with Crippen molar-refractivity contribution in [3.8, 4) is 0 Å². The van der Waals surface area contributed by atoms with Crippen LogP contribution in [0, 0.1) is 0 Å². The van der Waals surface area contributed by atoms with Crippen LogP contribution in [-0.2, 0) is 4.79 Å². The van der Waals surface area contributed by atoms with Gasteiger partial charge in [0.25, 0.3) is 0 Å². The Hall–Kier alpha value is -2.31. The SMILES string of the molecule is CC1=C(CCCC(=O)NCCCN2CCN(C)CC2)C(=O)c2ccccc2C1=O. The van der Waals surface area contributed by atoms with Crippen LogP contribution in [0.1, 0.15) is 53.3 Å². The number of allylic oxidation sites excluding steroid dienone is 2. The molecule has 3 rings (SSSR count). The quantitative estimate of drug-likeness (QED) is 0.682. The molecule has 1 saturated heterocycles. The molecule has 156 valence electrons. The molecular weight excluding hydrogens is 366 g/mol. The number of benzene rings is 1. The van der Waals surface area contributed by atoms with Gasteiger partial charge in [0.1, 0.15) is 0 Å². The van der Waals surface area contributed by atoms with Crippen molar-refractivity contribution < 1.29 is 14.4 Å². The van der Waals surface area contributed by atoms with Gasteiger partial charge in [0, 0.05) is 61.4 Å². The molecule has 0 atom stereocenters. The minimum absolute atomic E-state index is 0.0108. The minimum Gasteiger partial charge on any atom is -0.356 e. The maximum Gasteiger partial charge on any atom is 0.220 e. The number of carbonyl (C=O) groups excluding carboxylic acids is 3. The molecule has 0 aromatic heterocycles. The van der Waals surface area contributed by atoms with E-state index in [4.69, 9.17) is 0 Å². The van der Waals surface area contributed by atoms with Crippen molar-refractivity contribution in [1.29, 1.82) is 0 Å². The molecule has 1 amide bonds. The molecule has 0 spiro atoms. The third-order valence-electron chi connectivity index (χ3n) is 5.88. The van der Waals surface area contributed by atoms with Crippen LogP contribution in [0.3, 0.4) is 0 Å². The van der Waals surface area contributed by atoms with Crippen LogP contribution in [0.4, 0.5) is 0 Å². The lowest BCUT2D eigenvalue weighted by atomic mass is 9.83. The van der Waals surface area contributed by atoms with Gasteiger partial charge in [0.05, 0.1) is 0 Å². The summed E-state index contributed by atoms with van der Waals surface area (Å²) in [6.07, 6.45) is 2.34. The molecule has 1 N–H and O–H groups in total. The Morgan fingerprint density at radius 1 is 1.00 bits per heavy atom. The summed E-state index contributed by atoms with van der Waals surface area (Å²) in [7, 11) is 2.14. The predicted molar refractivity (Wildman–Crippen MR) is 113 cm³/mol. The highest BCUT2D eigenvalue weighted by atomic mass is 16.2. The lowest BCUT2D eigenvalue weighted by Gasteiger charge is -2.32. The molecule has 6 nitrogen and oxygen atoms in total. The molecular formula is C23H31N3O3. The summed E-state index contributed by atoms with van der Waals surface area (Å²) in [5.41, 5.74) is 2.03. The van der Waals surface area contributed by atoms with Gasteiger partial charge in [-0.05, 0) is 39.8 Å².